The molecule has 6 rings (SSSR count). The van der Waals surface area contributed by atoms with Gasteiger partial charge in [-0.15, -0.1) is 0 Å². The molecule has 4 aromatic heterocycles. The summed E-state index contributed by atoms with van der Waals surface area (Å²) in [7, 11) is 1.50. The Morgan fingerprint density at radius 1 is 1.14 bits per heavy atom. The van der Waals surface area contributed by atoms with Gasteiger partial charge < -0.3 is 23.6 Å². The Morgan fingerprint density at radius 2 is 1.95 bits per heavy atom. The molecule has 0 aliphatic rings. The first kappa shape index (κ1) is 22.4. The first-order valence-corrected chi connectivity index (χ1v) is 11.0. The molecule has 4 heterocycles. The third kappa shape index (κ3) is 3.28. The number of halogens is 2. The minimum absolute atomic E-state index is 0.00285. The van der Waals surface area contributed by atoms with Crippen molar-refractivity contribution in [2.75, 3.05) is 0 Å². The second kappa shape index (κ2) is 7.98. The monoisotopic (exact) mass is 502 g/mol. The van der Waals surface area contributed by atoms with Gasteiger partial charge in [-0.3, -0.25) is 9.59 Å². The van der Waals surface area contributed by atoms with Crippen LogP contribution < -0.4 is 11.1 Å². The number of pyridine rings is 1. The van der Waals surface area contributed by atoms with Crippen molar-refractivity contribution in [1.29, 1.82) is 0 Å². The summed E-state index contributed by atoms with van der Waals surface area (Å²) in [4.78, 5) is 44.6. The first-order chi connectivity index (χ1) is 17.8. The highest BCUT2D eigenvalue weighted by atomic mass is 19.1. The van der Waals surface area contributed by atoms with E-state index in [1.54, 1.807) is 0 Å². The molecule has 0 spiro atoms. The minimum Gasteiger partial charge on any atom is -0.477 e. The molecule has 2 aromatic carbocycles. The lowest BCUT2D eigenvalue weighted by molar-refractivity contribution is 0.0687. The van der Waals surface area contributed by atoms with E-state index >= 15 is 8.78 Å². The summed E-state index contributed by atoms with van der Waals surface area (Å²) in [5.74, 6) is -2.84. The van der Waals surface area contributed by atoms with Crippen molar-refractivity contribution in [3.05, 3.63) is 98.8 Å². The maximum absolute atomic E-state index is 15.2. The van der Waals surface area contributed by atoms with Gasteiger partial charge in [0.25, 0.3) is 11.1 Å². The molecule has 0 bridgehead atoms. The molecule has 2 N–H and O–H groups in total. The molecule has 0 atom stereocenters. The van der Waals surface area contributed by atoms with Crippen molar-refractivity contribution in [3.8, 4) is 11.1 Å². The van der Waals surface area contributed by atoms with Gasteiger partial charge in [-0.25, -0.2) is 18.6 Å². The number of hydrogen-bond donors (Lipinski definition) is 2. The van der Waals surface area contributed by atoms with Gasteiger partial charge in [0.2, 0.25) is 0 Å². The van der Waals surface area contributed by atoms with Crippen LogP contribution >= 0.6 is 0 Å². The predicted octanol–water partition coefficient (Wildman–Crippen LogP) is 4.01. The zero-order valence-electron chi connectivity index (χ0n) is 19.1. The largest absolute Gasteiger partial charge is 0.477 e. The topological polar surface area (TPSA) is 123 Å². The summed E-state index contributed by atoms with van der Waals surface area (Å²) < 4.78 is 38.2. The van der Waals surface area contributed by atoms with Gasteiger partial charge in [-0.2, -0.15) is 0 Å². The number of aromatic amines is 1. The molecule has 0 aliphatic carbocycles. The van der Waals surface area contributed by atoms with Crippen LogP contribution in [0.2, 0.25) is 0 Å². The number of aromatic nitrogens is 4. The Morgan fingerprint density at radius 3 is 2.70 bits per heavy atom. The second-order valence-electron chi connectivity index (χ2n) is 8.57. The number of fused-ring (bicyclic) bond motifs is 4. The summed E-state index contributed by atoms with van der Waals surface area (Å²) in [5, 5.41) is 10.7. The van der Waals surface area contributed by atoms with Crippen LogP contribution in [-0.2, 0) is 13.6 Å². The van der Waals surface area contributed by atoms with Gasteiger partial charge in [0.1, 0.15) is 22.9 Å². The lowest BCUT2D eigenvalue weighted by Crippen LogP contribution is -2.18. The van der Waals surface area contributed by atoms with E-state index in [-0.39, 0.29) is 61.7 Å². The molecule has 0 saturated heterocycles. The average Bonchev–Trinajstić information content (AvgIpc) is 3.47. The Bertz CT molecular complexity index is 2030. The van der Waals surface area contributed by atoms with Crippen molar-refractivity contribution in [2.24, 2.45) is 7.05 Å². The number of H-pyrrole nitrogens is 1. The molecule has 0 saturated carbocycles. The molecule has 0 unspecified atom stereocenters. The Labute approximate surface area is 204 Å². The number of carbonyl (C=O) groups is 1. The van der Waals surface area contributed by atoms with E-state index in [9.17, 15) is 19.5 Å². The Kier molecular flexibility index (Phi) is 4.83. The predicted molar refractivity (Wildman–Crippen MR) is 131 cm³/mol. The van der Waals surface area contributed by atoms with E-state index in [2.05, 4.69) is 9.97 Å². The molecule has 6 aromatic rings. The van der Waals surface area contributed by atoms with Crippen molar-refractivity contribution in [3.63, 3.8) is 0 Å². The zero-order chi connectivity index (χ0) is 26.0. The third-order valence-corrected chi connectivity index (χ3v) is 6.42. The molecule has 0 amide bonds. The fourth-order valence-electron chi connectivity index (χ4n) is 4.74. The van der Waals surface area contributed by atoms with Gasteiger partial charge >= 0.3 is 5.97 Å². The second-order valence-corrected chi connectivity index (χ2v) is 8.57. The minimum atomic E-state index is -1.42. The molecule has 11 heteroatoms. The van der Waals surface area contributed by atoms with Crippen LogP contribution in [0.3, 0.4) is 0 Å². The molecule has 184 valence electrons. The number of nitrogens with zero attached hydrogens (tertiary/aromatic N) is 3. The normalized spacial score (nSPS) is 11.6. The lowest BCUT2D eigenvalue weighted by Gasteiger charge is -2.11. The number of carboxylic acid groups (broad SMARTS) is 1. The number of rotatable bonds is 4. The Balaban J connectivity index is 1.73. The molecule has 0 fully saturated rings. The third-order valence-electron chi connectivity index (χ3n) is 6.42. The van der Waals surface area contributed by atoms with Gasteiger partial charge in [-0.05, 0) is 30.3 Å². The van der Waals surface area contributed by atoms with Crippen LogP contribution in [0.4, 0.5) is 8.78 Å². The number of furan rings is 1. The standard InChI is InChI=1S/C26H16F2N4O5/c1-31-11-30-18-8-16(27)12(7-15(18)25(31)34)10-32-19-9-17(28)13-4-6-37-23(13)21(19)20(22(32)26(35)36)14-3-2-5-29-24(14)33/h2-9,11H,10H2,1H3,(H,29,33)(H,35,36). The van der Waals surface area contributed by atoms with E-state index in [4.69, 9.17) is 4.42 Å². The molecule has 0 aliphatic heterocycles. The number of aryl methyl sites for hydroxylation is 1. The summed E-state index contributed by atoms with van der Waals surface area (Å²) >= 11 is 0. The first-order valence-electron chi connectivity index (χ1n) is 11.0. The van der Waals surface area contributed by atoms with Crippen LogP contribution in [0.5, 0.6) is 0 Å². The molecular formula is C26H16F2N4O5. The van der Waals surface area contributed by atoms with Crippen LogP contribution in [0.1, 0.15) is 16.1 Å². The highest BCUT2D eigenvalue weighted by molar-refractivity contribution is 6.17. The van der Waals surface area contributed by atoms with E-state index < -0.39 is 28.7 Å². The summed E-state index contributed by atoms with van der Waals surface area (Å²) in [6.45, 7) is -0.381. The van der Waals surface area contributed by atoms with Crippen molar-refractivity contribution in [1.82, 2.24) is 19.1 Å². The van der Waals surface area contributed by atoms with Gasteiger partial charge in [0, 0.05) is 30.4 Å². The van der Waals surface area contributed by atoms with Crippen molar-refractivity contribution >= 4 is 38.7 Å². The number of carboxylic acids is 1. The van der Waals surface area contributed by atoms with Crippen molar-refractivity contribution in [2.45, 2.75) is 6.54 Å². The average molecular weight is 502 g/mol. The van der Waals surface area contributed by atoms with Crippen LogP contribution in [0.15, 0.2) is 69.2 Å². The van der Waals surface area contributed by atoms with E-state index in [1.165, 1.54) is 59.2 Å². The molecule has 0 radical (unpaired) electrons. The highest BCUT2D eigenvalue weighted by Gasteiger charge is 2.29. The summed E-state index contributed by atoms with van der Waals surface area (Å²) in [5.41, 5.74) is -1.09. The molecule has 9 nitrogen and oxygen atoms in total. The van der Waals surface area contributed by atoms with E-state index in [0.29, 0.717) is 0 Å². The number of benzene rings is 2. The fourth-order valence-corrected chi connectivity index (χ4v) is 4.74. The molecular weight excluding hydrogens is 486 g/mol. The van der Waals surface area contributed by atoms with Gasteiger partial charge in [0.05, 0.1) is 51.9 Å². The quantitative estimate of drug-likeness (QED) is 0.376. The van der Waals surface area contributed by atoms with E-state index in [1.807, 2.05) is 0 Å². The number of aromatic carboxylic acids is 1. The van der Waals surface area contributed by atoms with Gasteiger partial charge in [-0.1, -0.05) is 0 Å². The van der Waals surface area contributed by atoms with Crippen LogP contribution in [-0.4, -0.2) is 30.2 Å². The SMILES string of the molecule is Cn1cnc2cc(F)c(Cn3c(C(=O)O)c(-c4ccc[nH]c4=O)c4c5occc5c(F)cc43)cc2c1=O. The van der Waals surface area contributed by atoms with Crippen LogP contribution in [0, 0.1) is 11.6 Å². The maximum atomic E-state index is 15.2. The highest BCUT2D eigenvalue weighted by Crippen LogP contribution is 2.40. The zero-order valence-corrected chi connectivity index (χ0v) is 19.1. The molecule has 37 heavy (non-hydrogen) atoms. The fraction of sp³-hybridized carbons (Fsp3) is 0.0769. The lowest BCUT2D eigenvalue weighted by atomic mass is 10.0. The smallest absolute Gasteiger partial charge is 0.353 e. The van der Waals surface area contributed by atoms with Crippen molar-refractivity contribution < 1.29 is 23.1 Å². The number of nitrogens with one attached hydrogen (secondary N) is 1. The summed E-state index contributed by atoms with van der Waals surface area (Å²) in [6, 6.07) is 7.88. The van der Waals surface area contributed by atoms with Crippen LogP contribution in [0.25, 0.3) is 43.9 Å². The number of hydrogen-bond acceptors (Lipinski definition) is 5. The van der Waals surface area contributed by atoms with E-state index in [0.717, 1.165) is 12.1 Å². The summed E-state index contributed by atoms with van der Waals surface area (Å²) in [6.07, 6.45) is 3.93. The Hall–Kier alpha value is -5.06. The maximum Gasteiger partial charge on any atom is 0.353 e. The van der Waals surface area contributed by atoms with Gasteiger partial charge in [0.15, 0.2) is 0 Å².